The van der Waals surface area contributed by atoms with Crippen molar-refractivity contribution >= 4 is 23.9 Å². The standard InChI is InChI=1S/C13H18O3.C11H12F6O.C11H12O4.C9H14O2/c1-2-11(14)16-13-6-9-3-10(7-13)5-12(15,4-9)8-13;12-10(13,14)9(18,11(15,16)17)5-8-4-6-1-2-7(8)3-6;1-2-8(12)14-9-5-3-6-7(4-5)11(13)15-10(6)9;1-3-8(10)11-9(2)6-4-5-7-9/h2,9-10,15H,1,3-8H2;1-2,6-8,18H,3-5H2;2,5-7,9-10H,1,3-4H2;3H,1,4-7H2,2H3. The lowest BCUT2D eigenvalue weighted by Crippen LogP contribution is -2.60. The Bertz CT molecular complexity index is 1690. The van der Waals surface area contributed by atoms with E-state index >= 15 is 0 Å². The van der Waals surface area contributed by atoms with Crippen molar-refractivity contribution in [2.75, 3.05) is 0 Å². The Hall–Kier alpha value is -3.66. The number of fused-ring (bicyclic) bond motifs is 3. The van der Waals surface area contributed by atoms with Crippen molar-refractivity contribution in [2.24, 2.45) is 47.3 Å². The minimum Gasteiger partial charge on any atom is -0.458 e. The normalized spacial score (nSPS) is 38.0. The molecular formula is C44H56F6O10. The smallest absolute Gasteiger partial charge is 0.426 e. The molecule has 2 N–H and O–H groups in total. The van der Waals surface area contributed by atoms with Gasteiger partial charge in [-0.15, -0.1) is 0 Å². The average molecular weight is 859 g/mol. The van der Waals surface area contributed by atoms with E-state index in [4.69, 9.17) is 24.1 Å². The molecule has 10 unspecified atom stereocenters. The predicted octanol–water partition coefficient (Wildman–Crippen LogP) is 7.96. The Morgan fingerprint density at radius 2 is 1.42 bits per heavy atom. The Balaban J connectivity index is 0.000000136. The van der Waals surface area contributed by atoms with E-state index in [0.29, 0.717) is 30.6 Å². The van der Waals surface area contributed by atoms with Gasteiger partial charge in [-0.3, -0.25) is 4.79 Å². The number of halogens is 6. The Morgan fingerprint density at radius 3 is 1.92 bits per heavy atom. The predicted molar refractivity (Wildman–Crippen MR) is 202 cm³/mol. The number of rotatable bonds is 8. The van der Waals surface area contributed by atoms with Crippen molar-refractivity contribution in [1.29, 1.82) is 0 Å². The molecule has 0 aromatic carbocycles. The highest BCUT2D eigenvalue weighted by molar-refractivity contribution is 5.82. The number of hydrogen-bond acceptors (Lipinski definition) is 10. The van der Waals surface area contributed by atoms with Crippen LogP contribution in [0.1, 0.15) is 103 Å². The molecule has 10 aliphatic rings. The van der Waals surface area contributed by atoms with Gasteiger partial charge in [0.05, 0.1) is 11.5 Å². The number of hydrogen-bond donors (Lipinski definition) is 2. The molecule has 8 bridgehead atoms. The molecule has 8 saturated carbocycles. The molecule has 10 atom stereocenters. The molecule has 10 rings (SSSR count). The molecule has 10 nitrogen and oxygen atoms in total. The highest BCUT2D eigenvalue weighted by Crippen LogP contribution is 2.59. The second-order valence-corrected chi connectivity index (χ2v) is 18.9. The molecule has 0 aromatic rings. The van der Waals surface area contributed by atoms with Crippen LogP contribution in [-0.2, 0) is 38.1 Å². The van der Waals surface area contributed by atoms with Gasteiger partial charge in [-0.1, -0.05) is 31.9 Å². The molecule has 9 fully saturated rings. The summed E-state index contributed by atoms with van der Waals surface area (Å²) in [5, 5.41) is 19.5. The summed E-state index contributed by atoms with van der Waals surface area (Å²) in [5.74, 6) is -0.390. The first-order valence-corrected chi connectivity index (χ1v) is 20.9. The summed E-state index contributed by atoms with van der Waals surface area (Å²) in [5.41, 5.74) is -5.75. The molecule has 16 heteroatoms. The van der Waals surface area contributed by atoms with Gasteiger partial charge in [-0.25, -0.2) is 14.4 Å². The van der Waals surface area contributed by atoms with E-state index in [1.54, 1.807) is 6.08 Å². The number of alkyl halides is 6. The molecular weight excluding hydrogens is 802 g/mol. The van der Waals surface area contributed by atoms with Gasteiger partial charge in [0.2, 0.25) is 0 Å². The third kappa shape index (κ3) is 9.53. The van der Waals surface area contributed by atoms with Crippen LogP contribution in [0.4, 0.5) is 26.3 Å². The van der Waals surface area contributed by atoms with Crippen LogP contribution in [0.5, 0.6) is 0 Å². The van der Waals surface area contributed by atoms with Crippen LogP contribution in [0.25, 0.3) is 0 Å². The van der Waals surface area contributed by atoms with Gasteiger partial charge < -0.3 is 29.2 Å². The van der Waals surface area contributed by atoms with Crippen LogP contribution in [0, 0.1) is 47.3 Å². The summed E-state index contributed by atoms with van der Waals surface area (Å²) in [6.07, 6.45) is 6.44. The number of aliphatic hydroxyl groups is 2. The van der Waals surface area contributed by atoms with Crippen LogP contribution in [0.2, 0.25) is 0 Å². The van der Waals surface area contributed by atoms with E-state index in [-0.39, 0.29) is 71.4 Å². The van der Waals surface area contributed by atoms with Crippen molar-refractivity contribution < 1.29 is 74.7 Å². The molecule has 60 heavy (non-hydrogen) atoms. The SMILES string of the molecule is C=CC(=O)OC1(C)CCCC1.C=CC(=O)OC12CC3CC(CC(O)(C3)C1)C2.C=CC(=O)OC1C2CC3C(=O)OC1C3C2.OC(CC1CC2C=CC1C2)(C(F)(F)F)C(F)(F)F. The minimum atomic E-state index is -5.70. The largest absolute Gasteiger partial charge is 0.458 e. The van der Waals surface area contributed by atoms with Crippen molar-refractivity contribution in [3.63, 3.8) is 0 Å². The van der Waals surface area contributed by atoms with Crippen molar-refractivity contribution in [3.8, 4) is 0 Å². The summed E-state index contributed by atoms with van der Waals surface area (Å²) in [6, 6.07) is 0. The maximum atomic E-state index is 12.5. The number of allylic oxidation sites excluding steroid dienone is 2. The van der Waals surface area contributed by atoms with Crippen molar-refractivity contribution in [3.05, 3.63) is 50.1 Å². The fourth-order valence-electron chi connectivity index (χ4n) is 12.2. The summed E-state index contributed by atoms with van der Waals surface area (Å²) in [7, 11) is 0. The van der Waals surface area contributed by atoms with E-state index in [1.165, 1.54) is 31.4 Å². The first kappa shape index (κ1) is 45.9. The van der Waals surface area contributed by atoms with Gasteiger partial charge >= 0.3 is 36.2 Å². The molecule has 9 aliphatic carbocycles. The second-order valence-electron chi connectivity index (χ2n) is 18.9. The highest BCUT2D eigenvalue weighted by atomic mass is 19.4. The van der Waals surface area contributed by atoms with E-state index in [9.17, 15) is 50.6 Å². The van der Waals surface area contributed by atoms with Gasteiger partial charge in [0, 0.05) is 36.5 Å². The van der Waals surface area contributed by atoms with Crippen LogP contribution in [0.15, 0.2) is 50.1 Å². The molecule has 334 valence electrons. The van der Waals surface area contributed by atoms with Crippen LogP contribution in [-0.4, -0.2) is 81.1 Å². The fraction of sp³-hybridized carbons (Fsp3) is 0.727. The Morgan fingerprint density at radius 1 is 0.833 bits per heavy atom. The molecule has 1 saturated heterocycles. The highest BCUT2D eigenvalue weighted by Gasteiger charge is 2.71. The van der Waals surface area contributed by atoms with Gasteiger partial charge in [-0.05, 0) is 126 Å². The molecule has 0 spiro atoms. The second kappa shape index (κ2) is 16.9. The first-order chi connectivity index (χ1) is 27.9. The Labute approximate surface area is 345 Å². The number of carbonyl (C=O) groups excluding carboxylic acids is 4. The van der Waals surface area contributed by atoms with Gasteiger partial charge in [0.25, 0.3) is 5.60 Å². The molecule has 0 amide bonds. The minimum absolute atomic E-state index is 0.0608. The van der Waals surface area contributed by atoms with E-state index in [1.807, 2.05) is 13.0 Å². The zero-order chi connectivity index (χ0) is 44.1. The molecule has 0 radical (unpaired) electrons. The van der Waals surface area contributed by atoms with Crippen molar-refractivity contribution in [2.45, 2.75) is 150 Å². The van der Waals surface area contributed by atoms with E-state index in [2.05, 4.69) is 19.7 Å². The fourth-order valence-corrected chi connectivity index (χ4v) is 12.2. The zero-order valence-electron chi connectivity index (χ0n) is 33.8. The van der Waals surface area contributed by atoms with E-state index in [0.717, 1.165) is 57.4 Å². The summed E-state index contributed by atoms with van der Waals surface area (Å²) >= 11 is 0. The summed E-state index contributed by atoms with van der Waals surface area (Å²) in [4.78, 5) is 44.7. The van der Waals surface area contributed by atoms with Gasteiger partial charge in [0.1, 0.15) is 23.4 Å². The lowest BCUT2D eigenvalue weighted by molar-refractivity contribution is -0.373. The number of carbonyl (C=O) groups is 4. The monoisotopic (exact) mass is 858 g/mol. The summed E-state index contributed by atoms with van der Waals surface area (Å²) in [6.45, 7) is 12.1. The van der Waals surface area contributed by atoms with Gasteiger partial charge in [0.15, 0.2) is 0 Å². The van der Waals surface area contributed by atoms with Crippen molar-refractivity contribution in [1.82, 2.24) is 0 Å². The first-order valence-electron chi connectivity index (χ1n) is 20.9. The van der Waals surface area contributed by atoms with Crippen LogP contribution >= 0.6 is 0 Å². The summed E-state index contributed by atoms with van der Waals surface area (Å²) < 4.78 is 96.3. The topological polar surface area (TPSA) is 146 Å². The molecule has 1 heterocycles. The van der Waals surface area contributed by atoms with E-state index < -0.39 is 41.9 Å². The Kier molecular flexibility index (Phi) is 12.9. The maximum absolute atomic E-state index is 12.5. The molecule has 0 aromatic heterocycles. The molecule has 1 aliphatic heterocycles. The lowest BCUT2D eigenvalue weighted by Gasteiger charge is -2.59. The van der Waals surface area contributed by atoms with Gasteiger partial charge in [-0.2, -0.15) is 26.3 Å². The third-order valence-electron chi connectivity index (χ3n) is 14.4. The van der Waals surface area contributed by atoms with Crippen LogP contribution < -0.4 is 0 Å². The quantitative estimate of drug-likeness (QED) is 0.0811. The lowest BCUT2D eigenvalue weighted by atomic mass is 9.52. The zero-order valence-corrected chi connectivity index (χ0v) is 33.8. The maximum Gasteiger partial charge on any atom is 0.426 e. The third-order valence-corrected chi connectivity index (χ3v) is 14.4. The average Bonchev–Trinajstić information content (AvgIpc) is 4.01. The van der Waals surface area contributed by atoms with Crippen LogP contribution in [0.3, 0.4) is 0 Å². The number of esters is 4. The number of ether oxygens (including phenoxy) is 4.